The molecule has 2 aromatic heterocycles. The van der Waals surface area contributed by atoms with E-state index in [1.165, 1.54) is 6.07 Å². The number of hydrogen-bond donors (Lipinski definition) is 1. The molecule has 2 heterocycles. The number of aromatic amines is 1. The SMILES string of the molecule is Fc1ccccc1-c1cnc2[nH]cc(I)c2c1. The topological polar surface area (TPSA) is 28.7 Å². The summed E-state index contributed by atoms with van der Waals surface area (Å²) in [5, 5.41) is 1.02. The van der Waals surface area contributed by atoms with Crippen LogP contribution in [0.15, 0.2) is 42.7 Å². The van der Waals surface area contributed by atoms with E-state index in [2.05, 4.69) is 32.6 Å². The minimum Gasteiger partial charge on any atom is -0.345 e. The third-order valence-corrected chi connectivity index (χ3v) is 3.56. The van der Waals surface area contributed by atoms with Gasteiger partial charge in [-0.15, -0.1) is 0 Å². The van der Waals surface area contributed by atoms with Crippen molar-refractivity contribution in [2.24, 2.45) is 0 Å². The molecule has 3 aromatic rings. The van der Waals surface area contributed by atoms with Crippen LogP contribution in [0.4, 0.5) is 4.39 Å². The van der Waals surface area contributed by atoms with Gasteiger partial charge in [-0.05, 0) is 34.7 Å². The Morgan fingerprint density at radius 2 is 2.06 bits per heavy atom. The highest BCUT2D eigenvalue weighted by atomic mass is 127. The van der Waals surface area contributed by atoms with Gasteiger partial charge in [-0.3, -0.25) is 0 Å². The summed E-state index contributed by atoms with van der Waals surface area (Å²) in [4.78, 5) is 7.36. The molecule has 0 radical (unpaired) electrons. The number of nitrogens with one attached hydrogen (secondary N) is 1. The Balaban J connectivity index is 2.24. The summed E-state index contributed by atoms with van der Waals surface area (Å²) >= 11 is 2.23. The lowest BCUT2D eigenvalue weighted by atomic mass is 10.1. The van der Waals surface area contributed by atoms with Gasteiger partial charge >= 0.3 is 0 Å². The number of nitrogens with zero attached hydrogens (tertiary/aromatic N) is 1. The molecular weight excluding hydrogens is 330 g/mol. The van der Waals surface area contributed by atoms with Crippen LogP contribution in [0.2, 0.25) is 0 Å². The second-order valence-corrected chi connectivity index (χ2v) is 4.90. The van der Waals surface area contributed by atoms with Gasteiger partial charge in [0, 0.05) is 32.5 Å². The lowest BCUT2D eigenvalue weighted by Gasteiger charge is -2.02. The Labute approximate surface area is 111 Å². The van der Waals surface area contributed by atoms with Crippen LogP contribution < -0.4 is 0 Å². The van der Waals surface area contributed by atoms with E-state index in [1.807, 2.05) is 18.3 Å². The number of benzene rings is 1. The van der Waals surface area contributed by atoms with Gasteiger partial charge in [0.2, 0.25) is 0 Å². The van der Waals surface area contributed by atoms with Crippen molar-refractivity contribution in [2.45, 2.75) is 0 Å². The zero-order valence-electron chi connectivity index (χ0n) is 8.74. The van der Waals surface area contributed by atoms with Gasteiger partial charge in [-0.25, -0.2) is 9.37 Å². The Morgan fingerprint density at radius 3 is 2.88 bits per heavy atom. The van der Waals surface area contributed by atoms with E-state index < -0.39 is 0 Å². The number of aromatic nitrogens is 2. The van der Waals surface area contributed by atoms with Gasteiger partial charge in [-0.2, -0.15) is 0 Å². The van der Waals surface area contributed by atoms with Crippen molar-refractivity contribution in [1.82, 2.24) is 9.97 Å². The van der Waals surface area contributed by atoms with E-state index in [9.17, 15) is 4.39 Å². The molecular formula is C13H8FIN2. The fourth-order valence-corrected chi connectivity index (χ4v) is 2.38. The molecule has 2 nitrogen and oxygen atoms in total. The van der Waals surface area contributed by atoms with E-state index in [-0.39, 0.29) is 5.82 Å². The fraction of sp³-hybridized carbons (Fsp3) is 0. The maximum Gasteiger partial charge on any atom is 0.138 e. The molecule has 4 heteroatoms. The average Bonchev–Trinajstić information content (AvgIpc) is 2.71. The standard InChI is InChI=1S/C13H8FIN2/c14-11-4-2-1-3-9(11)8-5-10-12(15)7-17-13(10)16-6-8/h1-7H,(H,16,17). The first-order valence-corrected chi connectivity index (χ1v) is 6.21. The van der Waals surface area contributed by atoms with Gasteiger partial charge in [0.15, 0.2) is 0 Å². The predicted molar refractivity (Wildman–Crippen MR) is 74.2 cm³/mol. The number of fused-ring (bicyclic) bond motifs is 1. The van der Waals surface area contributed by atoms with E-state index in [0.717, 1.165) is 20.2 Å². The number of rotatable bonds is 1. The smallest absolute Gasteiger partial charge is 0.138 e. The number of hydrogen-bond acceptors (Lipinski definition) is 1. The number of H-pyrrole nitrogens is 1. The van der Waals surface area contributed by atoms with Gasteiger partial charge in [0.1, 0.15) is 11.5 Å². The summed E-state index contributed by atoms with van der Waals surface area (Å²) in [6.45, 7) is 0. The Morgan fingerprint density at radius 1 is 1.24 bits per heavy atom. The quantitative estimate of drug-likeness (QED) is 0.668. The molecule has 0 spiro atoms. The number of halogens is 2. The second-order valence-electron chi connectivity index (χ2n) is 3.74. The molecule has 0 bridgehead atoms. The number of pyridine rings is 1. The molecule has 0 atom stereocenters. The normalized spacial score (nSPS) is 10.9. The largest absolute Gasteiger partial charge is 0.345 e. The molecule has 0 unspecified atom stereocenters. The van der Waals surface area contributed by atoms with Crippen molar-refractivity contribution < 1.29 is 4.39 Å². The molecule has 0 saturated carbocycles. The first-order valence-electron chi connectivity index (χ1n) is 5.13. The molecule has 0 aliphatic carbocycles. The highest BCUT2D eigenvalue weighted by Crippen LogP contribution is 2.26. The molecule has 0 aliphatic heterocycles. The molecule has 0 fully saturated rings. The van der Waals surface area contributed by atoms with Crippen molar-refractivity contribution in [3.63, 3.8) is 0 Å². The Hall–Kier alpha value is -1.43. The van der Waals surface area contributed by atoms with E-state index in [4.69, 9.17) is 0 Å². The van der Waals surface area contributed by atoms with E-state index >= 15 is 0 Å². The van der Waals surface area contributed by atoms with Crippen LogP contribution in [-0.4, -0.2) is 9.97 Å². The van der Waals surface area contributed by atoms with Gasteiger partial charge < -0.3 is 4.98 Å². The fourth-order valence-electron chi connectivity index (χ4n) is 1.81. The Kier molecular flexibility index (Phi) is 2.58. The molecule has 1 aromatic carbocycles. The summed E-state index contributed by atoms with van der Waals surface area (Å²) in [7, 11) is 0. The highest BCUT2D eigenvalue weighted by Gasteiger charge is 2.07. The minimum absolute atomic E-state index is 0.223. The van der Waals surface area contributed by atoms with E-state index in [0.29, 0.717) is 5.56 Å². The highest BCUT2D eigenvalue weighted by molar-refractivity contribution is 14.1. The summed E-state index contributed by atoms with van der Waals surface area (Å²) in [6, 6.07) is 8.69. The summed E-state index contributed by atoms with van der Waals surface area (Å²) in [5.41, 5.74) is 2.21. The van der Waals surface area contributed by atoms with Crippen molar-refractivity contribution >= 4 is 33.6 Å². The maximum absolute atomic E-state index is 13.7. The summed E-state index contributed by atoms with van der Waals surface area (Å²) in [6.07, 6.45) is 3.58. The second kappa shape index (κ2) is 4.10. The first kappa shape index (κ1) is 10.7. The Bertz CT molecular complexity index is 691. The third-order valence-electron chi connectivity index (χ3n) is 2.67. The molecule has 0 saturated heterocycles. The third kappa shape index (κ3) is 1.82. The van der Waals surface area contributed by atoms with Crippen LogP contribution in [0.3, 0.4) is 0 Å². The zero-order chi connectivity index (χ0) is 11.8. The zero-order valence-corrected chi connectivity index (χ0v) is 10.9. The van der Waals surface area contributed by atoms with Crippen LogP contribution in [-0.2, 0) is 0 Å². The van der Waals surface area contributed by atoms with Crippen molar-refractivity contribution in [3.8, 4) is 11.1 Å². The monoisotopic (exact) mass is 338 g/mol. The minimum atomic E-state index is -0.223. The van der Waals surface area contributed by atoms with Crippen molar-refractivity contribution in [1.29, 1.82) is 0 Å². The van der Waals surface area contributed by atoms with Crippen LogP contribution in [0.1, 0.15) is 0 Å². The van der Waals surface area contributed by atoms with Gasteiger partial charge in [0.25, 0.3) is 0 Å². The van der Waals surface area contributed by atoms with Gasteiger partial charge in [0.05, 0.1) is 0 Å². The van der Waals surface area contributed by atoms with Crippen LogP contribution >= 0.6 is 22.6 Å². The summed E-state index contributed by atoms with van der Waals surface area (Å²) in [5.74, 6) is -0.223. The van der Waals surface area contributed by atoms with Crippen LogP contribution in [0.25, 0.3) is 22.2 Å². The lowest BCUT2D eigenvalue weighted by Crippen LogP contribution is -1.85. The molecule has 84 valence electrons. The molecule has 3 rings (SSSR count). The van der Waals surface area contributed by atoms with E-state index in [1.54, 1.807) is 18.3 Å². The average molecular weight is 338 g/mol. The maximum atomic E-state index is 13.7. The molecule has 0 amide bonds. The summed E-state index contributed by atoms with van der Waals surface area (Å²) < 4.78 is 14.8. The lowest BCUT2D eigenvalue weighted by molar-refractivity contribution is 0.631. The molecule has 1 N–H and O–H groups in total. The van der Waals surface area contributed by atoms with Crippen LogP contribution in [0.5, 0.6) is 0 Å². The predicted octanol–water partition coefficient (Wildman–Crippen LogP) is 3.97. The first-order chi connectivity index (χ1) is 8.25. The molecule has 17 heavy (non-hydrogen) atoms. The van der Waals surface area contributed by atoms with Crippen molar-refractivity contribution in [2.75, 3.05) is 0 Å². The van der Waals surface area contributed by atoms with Crippen LogP contribution in [0, 0.1) is 9.39 Å². The van der Waals surface area contributed by atoms with Gasteiger partial charge in [-0.1, -0.05) is 18.2 Å². The van der Waals surface area contributed by atoms with Crippen molar-refractivity contribution in [3.05, 3.63) is 52.1 Å². The molecule has 0 aliphatic rings.